The van der Waals surface area contributed by atoms with Crippen molar-refractivity contribution in [3.05, 3.63) is 0 Å². The molecule has 0 aliphatic heterocycles. The van der Waals surface area contributed by atoms with Crippen molar-refractivity contribution in [3.63, 3.8) is 0 Å². The Labute approximate surface area is 94.0 Å². The van der Waals surface area contributed by atoms with Gasteiger partial charge in [-0.25, -0.2) is 4.79 Å². The quantitative estimate of drug-likeness (QED) is 0.635. The van der Waals surface area contributed by atoms with Crippen LogP contribution in [0.1, 0.15) is 27.2 Å². The molecule has 0 saturated heterocycles. The summed E-state index contributed by atoms with van der Waals surface area (Å²) in [6.07, 6.45) is -0.0366. The zero-order valence-electron chi connectivity index (χ0n) is 9.65. The first kappa shape index (κ1) is 14.4. The maximum atomic E-state index is 11.1. The molecule has 0 heterocycles. The molecule has 0 unspecified atom stereocenters. The minimum Gasteiger partial charge on any atom is -0.480 e. The minimum absolute atomic E-state index is 0.0366. The molecule has 2 atom stereocenters. The Bertz CT molecular complexity index is 276. The molecule has 92 valence electrons. The highest BCUT2D eigenvalue weighted by atomic mass is 16.5. The molecule has 0 fully saturated rings. The summed E-state index contributed by atoms with van der Waals surface area (Å²) in [5.74, 6) is -2.58. The van der Waals surface area contributed by atoms with Gasteiger partial charge < -0.3 is 15.2 Å². The number of rotatable bonds is 6. The van der Waals surface area contributed by atoms with Gasteiger partial charge in [0, 0.05) is 6.92 Å². The third-order valence-corrected chi connectivity index (χ3v) is 1.99. The van der Waals surface area contributed by atoms with Gasteiger partial charge in [0.2, 0.25) is 5.91 Å². The van der Waals surface area contributed by atoms with E-state index in [9.17, 15) is 14.4 Å². The van der Waals surface area contributed by atoms with E-state index in [4.69, 9.17) is 9.84 Å². The van der Waals surface area contributed by atoms with Gasteiger partial charge in [0.25, 0.3) is 0 Å². The summed E-state index contributed by atoms with van der Waals surface area (Å²) in [7, 11) is 0. The molecule has 0 aliphatic carbocycles. The number of hydrogen-bond donors (Lipinski definition) is 2. The maximum Gasteiger partial charge on any atom is 0.326 e. The molecular formula is C10H17NO5. The summed E-state index contributed by atoms with van der Waals surface area (Å²) in [5.41, 5.74) is 0. The van der Waals surface area contributed by atoms with Gasteiger partial charge in [-0.3, -0.25) is 9.59 Å². The van der Waals surface area contributed by atoms with E-state index >= 15 is 0 Å². The van der Waals surface area contributed by atoms with Crippen molar-refractivity contribution >= 4 is 17.8 Å². The summed E-state index contributed by atoms with van der Waals surface area (Å²) in [4.78, 5) is 32.8. The fourth-order valence-corrected chi connectivity index (χ4v) is 1.27. The van der Waals surface area contributed by atoms with E-state index in [1.807, 2.05) is 0 Å². The second-order valence-corrected chi connectivity index (χ2v) is 3.50. The van der Waals surface area contributed by atoms with Crippen LogP contribution >= 0.6 is 0 Å². The number of ether oxygens (including phenoxy) is 1. The molecule has 0 saturated carbocycles. The molecule has 2 N–H and O–H groups in total. The number of esters is 1. The summed E-state index contributed by atoms with van der Waals surface area (Å²) >= 11 is 0. The highest BCUT2D eigenvalue weighted by Gasteiger charge is 2.27. The predicted octanol–water partition coefficient (Wildman–Crippen LogP) is 0.165. The number of carbonyl (C=O) groups excluding carboxylic acids is 2. The molecule has 6 heteroatoms. The van der Waals surface area contributed by atoms with E-state index in [-0.39, 0.29) is 13.0 Å². The number of carboxylic acids is 1. The highest BCUT2D eigenvalue weighted by molar-refractivity contribution is 5.83. The number of carbonyl (C=O) groups is 3. The van der Waals surface area contributed by atoms with Crippen molar-refractivity contribution in [3.8, 4) is 0 Å². The van der Waals surface area contributed by atoms with Crippen LogP contribution in [0.4, 0.5) is 0 Å². The zero-order chi connectivity index (χ0) is 12.7. The van der Waals surface area contributed by atoms with Crippen LogP contribution in [0.3, 0.4) is 0 Å². The van der Waals surface area contributed by atoms with Gasteiger partial charge in [-0.1, -0.05) is 6.92 Å². The average Bonchev–Trinajstić information content (AvgIpc) is 2.13. The third kappa shape index (κ3) is 5.33. The van der Waals surface area contributed by atoms with Crippen LogP contribution in [0.5, 0.6) is 0 Å². The first-order chi connectivity index (χ1) is 7.38. The number of nitrogens with one attached hydrogen (secondary N) is 1. The number of carboxylic acid groups (broad SMARTS) is 1. The monoisotopic (exact) mass is 231 g/mol. The Morgan fingerprint density at radius 2 is 1.94 bits per heavy atom. The van der Waals surface area contributed by atoms with Crippen LogP contribution < -0.4 is 5.32 Å². The van der Waals surface area contributed by atoms with Gasteiger partial charge in [0.1, 0.15) is 6.04 Å². The lowest BCUT2D eigenvalue weighted by molar-refractivity contribution is -0.147. The van der Waals surface area contributed by atoms with Crippen LogP contribution in [-0.2, 0) is 19.1 Å². The Balaban J connectivity index is 4.38. The first-order valence-electron chi connectivity index (χ1n) is 5.04. The Hall–Kier alpha value is -1.59. The molecule has 0 aromatic heterocycles. The topological polar surface area (TPSA) is 92.7 Å². The molecule has 0 radical (unpaired) electrons. The van der Waals surface area contributed by atoms with E-state index in [1.165, 1.54) is 6.92 Å². The molecule has 6 nitrogen and oxygen atoms in total. The van der Waals surface area contributed by atoms with Crippen molar-refractivity contribution in [2.75, 3.05) is 6.61 Å². The zero-order valence-corrected chi connectivity index (χ0v) is 9.65. The molecule has 16 heavy (non-hydrogen) atoms. The first-order valence-corrected chi connectivity index (χ1v) is 5.04. The van der Waals surface area contributed by atoms with Crippen molar-refractivity contribution in [2.24, 2.45) is 5.92 Å². The molecule has 0 aromatic rings. The minimum atomic E-state index is -1.16. The van der Waals surface area contributed by atoms with Crippen molar-refractivity contribution in [1.82, 2.24) is 5.32 Å². The molecule has 0 rings (SSSR count). The highest BCUT2D eigenvalue weighted by Crippen LogP contribution is 2.10. The lowest BCUT2D eigenvalue weighted by atomic mass is 9.98. The second kappa shape index (κ2) is 6.81. The molecule has 0 aromatic carbocycles. The van der Waals surface area contributed by atoms with Gasteiger partial charge >= 0.3 is 11.9 Å². The lowest BCUT2D eigenvalue weighted by Gasteiger charge is -2.19. The fraction of sp³-hybridized carbons (Fsp3) is 0.700. The summed E-state index contributed by atoms with van der Waals surface area (Å²) in [6, 6.07) is -1.07. The normalized spacial score (nSPS) is 13.7. The standard InChI is InChI=1S/C10H17NO5/c1-4-16-8(13)5-6(2)9(10(14)15)11-7(3)12/h6,9H,4-5H2,1-3H3,(H,11,12)(H,14,15)/t6-,9+/m1/s1. The molecular weight excluding hydrogens is 214 g/mol. The van der Waals surface area contributed by atoms with Gasteiger partial charge in [-0.15, -0.1) is 0 Å². The van der Waals surface area contributed by atoms with Crippen molar-refractivity contribution in [2.45, 2.75) is 33.2 Å². The number of aliphatic carboxylic acids is 1. The summed E-state index contributed by atoms with van der Waals surface area (Å²) < 4.78 is 4.70. The molecule has 1 amide bonds. The Kier molecular flexibility index (Phi) is 6.14. The van der Waals surface area contributed by atoms with Crippen LogP contribution in [0.15, 0.2) is 0 Å². The smallest absolute Gasteiger partial charge is 0.326 e. The van der Waals surface area contributed by atoms with E-state index in [0.29, 0.717) is 0 Å². The second-order valence-electron chi connectivity index (χ2n) is 3.50. The van der Waals surface area contributed by atoms with Crippen LogP contribution in [0.25, 0.3) is 0 Å². The van der Waals surface area contributed by atoms with Crippen molar-refractivity contribution in [1.29, 1.82) is 0 Å². The predicted molar refractivity (Wildman–Crippen MR) is 55.7 cm³/mol. The maximum absolute atomic E-state index is 11.1. The average molecular weight is 231 g/mol. The molecule has 0 aliphatic rings. The number of amides is 1. The van der Waals surface area contributed by atoms with Gasteiger partial charge in [-0.05, 0) is 12.8 Å². The van der Waals surface area contributed by atoms with Crippen LogP contribution in [0.2, 0.25) is 0 Å². The summed E-state index contributed by atoms with van der Waals surface area (Å²) in [6.45, 7) is 4.73. The molecule has 0 spiro atoms. The molecule has 0 bridgehead atoms. The van der Waals surface area contributed by atoms with Gasteiger partial charge in [0.15, 0.2) is 0 Å². The van der Waals surface area contributed by atoms with Crippen LogP contribution in [-0.4, -0.2) is 35.6 Å². The Morgan fingerprint density at radius 1 is 1.38 bits per heavy atom. The van der Waals surface area contributed by atoms with Crippen LogP contribution in [0, 0.1) is 5.92 Å². The van der Waals surface area contributed by atoms with E-state index in [0.717, 1.165) is 0 Å². The fourth-order valence-electron chi connectivity index (χ4n) is 1.27. The lowest BCUT2D eigenvalue weighted by Crippen LogP contribution is -2.44. The van der Waals surface area contributed by atoms with Gasteiger partial charge in [-0.2, -0.15) is 0 Å². The third-order valence-electron chi connectivity index (χ3n) is 1.99. The van der Waals surface area contributed by atoms with E-state index in [1.54, 1.807) is 13.8 Å². The van der Waals surface area contributed by atoms with Gasteiger partial charge in [0.05, 0.1) is 13.0 Å². The summed E-state index contributed by atoms with van der Waals surface area (Å²) in [5, 5.41) is 11.1. The van der Waals surface area contributed by atoms with Crippen molar-refractivity contribution < 1.29 is 24.2 Å². The van der Waals surface area contributed by atoms with E-state index in [2.05, 4.69) is 5.32 Å². The number of hydrogen-bond acceptors (Lipinski definition) is 4. The Morgan fingerprint density at radius 3 is 2.31 bits per heavy atom. The van der Waals surface area contributed by atoms with E-state index < -0.39 is 29.8 Å². The SMILES string of the molecule is CCOC(=O)C[C@@H](C)[C@H](NC(C)=O)C(=O)O. The largest absolute Gasteiger partial charge is 0.480 e.